The zero-order chi connectivity index (χ0) is 16.6. The molecule has 0 saturated heterocycles. The van der Waals surface area contributed by atoms with Crippen LogP contribution in [0.4, 0.5) is 0 Å². The van der Waals surface area contributed by atoms with Gasteiger partial charge in [-0.15, -0.1) is 5.10 Å². The lowest BCUT2D eigenvalue weighted by Crippen LogP contribution is -2.01. The molecule has 3 heterocycles. The second-order valence-electron chi connectivity index (χ2n) is 5.95. The van der Waals surface area contributed by atoms with Crippen LogP contribution in [0, 0.1) is 0 Å². The fourth-order valence-corrected chi connectivity index (χ4v) is 2.69. The van der Waals surface area contributed by atoms with Crippen LogP contribution in [0.3, 0.4) is 0 Å². The van der Waals surface area contributed by atoms with Gasteiger partial charge in [0.25, 0.3) is 5.89 Å². The SMILES string of the molecule is c1ccc(-n2nc(-c3nc(-c4ccccn4)no3)nc2C2CC2)cc1. The van der Waals surface area contributed by atoms with Gasteiger partial charge in [-0.1, -0.05) is 29.4 Å². The molecule has 0 bridgehead atoms. The van der Waals surface area contributed by atoms with Gasteiger partial charge in [0.15, 0.2) is 0 Å². The number of benzene rings is 1. The summed E-state index contributed by atoms with van der Waals surface area (Å²) in [5.41, 5.74) is 1.63. The number of hydrogen-bond acceptors (Lipinski definition) is 6. The molecular formula is C18H14N6O. The zero-order valence-corrected chi connectivity index (χ0v) is 13.3. The third-order valence-electron chi connectivity index (χ3n) is 4.09. The van der Waals surface area contributed by atoms with Crippen LogP contribution < -0.4 is 0 Å². The normalized spacial score (nSPS) is 13.9. The first-order valence-electron chi connectivity index (χ1n) is 8.16. The Hall–Kier alpha value is -3.35. The zero-order valence-electron chi connectivity index (χ0n) is 13.3. The van der Waals surface area contributed by atoms with Crippen molar-refractivity contribution in [2.45, 2.75) is 18.8 Å². The summed E-state index contributed by atoms with van der Waals surface area (Å²) in [6.07, 6.45) is 3.96. The van der Waals surface area contributed by atoms with Gasteiger partial charge in [-0.3, -0.25) is 4.98 Å². The van der Waals surface area contributed by atoms with E-state index >= 15 is 0 Å². The second kappa shape index (κ2) is 5.62. The largest absolute Gasteiger partial charge is 0.330 e. The minimum atomic E-state index is 0.303. The quantitative estimate of drug-likeness (QED) is 0.571. The summed E-state index contributed by atoms with van der Waals surface area (Å²) in [5.74, 6) is 2.57. The molecule has 0 N–H and O–H groups in total. The Morgan fingerprint density at radius 3 is 2.52 bits per heavy atom. The van der Waals surface area contributed by atoms with Crippen LogP contribution in [0.25, 0.3) is 28.9 Å². The van der Waals surface area contributed by atoms with Gasteiger partial charge >= 0.3 is 0 Å². The van der Waals surface area contributed by atoms with Crippen LogP contribution >= 0.6 is 0 Å². The maximum absolute atomic E-state index is 5.37. The molecule has 0 atom stereocenters. The molecule has 3 aromatic heterocycles. The fraction of sp³-hybridized carbons (Fsp3) is 0.167. The number of para-hydroxylation sites is 1. The fourth-order valence-electron chi connectivity index (χ4n) is 2.69. The van der Waals surface area contributed by atoms with Gasteiger partial charge in [0.05, 0.1) is 5.69 Å². The van der Waals surface area contributed by atoms with Crippen LogP contribution in [0.1, 0.15) is 24.6 Å². The van der Waals surface area contributed by atoms with E-state index in [0.717, 1.165) is 24.4 Å². The van der Waals surface area contributed by atoms with Gasteiger partial charge in [-0.2, -0.15) is 4.98 Å². The standard InChI is InChI=1S/C18H14N6O/c1-2-6-13(7-3-1)24-17(12-9-10-12)20-16(22-24)18-21-15(23-25-18)14-8-4-5-11-19-14/h1-8,11-12H,9-10H2. The molecule has 1 aliphatic carbocycles. The molecule has 7 nitrogen and oxygen atoms in total. The van der Waals surface area contributed by atoms with Crippen molar-refractivity contribution in [3.63, 3.8) is 0 Å². The van der Waals surface area contributed by atoms with Crippen molar-refractivity contribution in [3.05, 3.63) is 60.6 Å². The first-order valence-corrected chi connectivity index (χ1v) is 8.16. The highest BCUT2D eigenvalue weighted by Gasteiger charge is 2.31. The Morgan fingerprint density at radius 1 is 0.920 bits per heavy atom. The molecule has 25 heavy (non-hydrogen) atoms. The van der Waals surface area contributed by atoms with Crippen molar-refractivity contribution in [3.8, 4) is 28.9 Å². The Bertz CT molecular complexity index is 1000. The summed E-state index contributed by atoms with van der Waals surface area (Å²) in [6.45, 7) is 0. The summed E-state index contributed by atoms with van der Waals surface area (Å²) in [5, 5.41) is 8.60. The molecule has 1 aliphatic rings. The van der Waals surface area contributed by atoms with Gasteiger partial charge in [0.2, 0.25) is 11.6 Å². The van der Waals surface area contributed by atoms with Crippen LogP contribution in [-0.2, 0) is 0 Å². The smallest absolute Gasteiger partial charge is 0.297 e. The Balaban J connectivity index is 1.56. The van der Waals surface area contributed by atoms with Gasteiger partial charge in [0, 0.05) is 12.1 Å². The Kier molecular flexibility index (Phi) is 3.16. The minimum absolute atomic E-state index is 0.303. The van der Waals surface area contributed by atoms with Gasteiger partial charge in [-0.25, -0.2) is 9.67 Å². The van der Waals surface area contributed by atoms with Crippen LogP contribution in [0.2, 0.25) is 0 Å². The number of hydrogen-bond donors (Lipinski definition) is 0. The molecule has 122 valence electrons. The molecule has 0 aliphatic heterocycles. The van der Waals surface area contributed by atoms with Crippen molar-refractivity contribution in [2.75, 3.05) is 0 Å². The summed E-state index contributed by atoms with van der Waals surface area (Å²) >= 11 is 0. The third-order valence-corrected chi connectivity index (χ3v) is 4.09. The van der Waals surface area contributed by atoms with Crippen molar-refractivity contribution >= 4 is 0 Å². The molecule has 1 aromatic carbocycles. The van der Waals surface area contributed by atoms with E-state index in [0.29, 0.717) is 29.2 Å². The molecular weight excluding hydrogens is 316 g/mol. The minimum Gasteiger partial charge on any atom is -0.330 e. The predicted octanol–water partition coefficient (Wildman–Crippen LogP) is 3.26. The molecule has 1 saturated carbocycles. The predicted molar refractivity (Wildman–Crippen MR) is 89.9 cm³/mol. The van der Waals surface area contributed by atoms with E-state index in [1.165, 1.54) is 0 Å². The van der Waals surface area contributed by atoms with Crippen molar-refractivity contribution in [1.82, 2.24) is 29.9 Å². The topological polar surface area (TPSA) is 82.5 Å². The molecule has 1 fully saturated rings. The van der Waals surface area contributed by atoms with E-state index in [2.05, 4.69) is 25.2 Å². The summed E-state index contributed by atoms with van der Waals surface area (Å²) in [6, 6.07) is 15.5. The lowest BCUT2D eigenvalue weighted by molar-refractivity contribution is 0.429. The highest BCUT2D eigenvalue weighted by molar-refractivity contribution is 5.52. The molecule has 4 aromatic rings. The average molecular weight is 330 g/mol. The highest BCUT2D eigenvalue weighted by Crippen LogP contribution is 2.40. The molecule has 7 heteroatoms. The molecule has 0 radical (unpaired) electrons. The van der Waals surface area contributed by atoms with E-state index in [9.17, 15) is 0 Å². The van der Waals surface area contributed by atoms with Crippen LogP contribution in [0.5, 0.6) is 0 Å². The average Bonchev–Trinajstić information content (AvgIpc) is 3.23. The molecule has 0 amide bonds. The lowest BCUT2D eigenvalue weighted by Gasteiger charge is -2.03. The number of rotatable bonds is 4. The van der Waals surface area contributed by atoms with Crippen LogP contribution in [0.15, 0.2) is 59.3 Å². The van der Waals surface area contributed by atoms with Gasteiger partial charge in [0.1, 0.15) is 11.5 Å². The third kappa shape index (κ3) is 2.59. The monoisotopic (exact) mass is 330 g/mol. The maximum atomic E-state index is 5.37. The first-order chi connectivity index (χ1) is 12.4. The number of aromatic nitrogens is 6. The molecule has 5 rings (SSSR count). The van der Waals surface area contributed by atoms with Crippen molar-refractivity contribution in [2.24, 2.45) is 0 Å². The lowest BCUT2D eigenvalue weighted by atomic mass is 10.3. The Morgan fingerprint density at radius 2 is 1.76 bits per heavy atom. The molecule has 0 unspecified atom stereocenters. The van der Waals surface area contributed by atoms with Crippen molar-refractivity contribution < 1.29 is 4.52 Å². The van der Waals surface area contributed by atoms with E-state index < -0.39 is 0 Å². The highest BCUT2D eigenvalue weighted by atomic mass is 16.5. The van der Waals surface area contributed by atoms with Crippen LogP contribution in [-0.4, -0.2) is 29.9 Å². The number of nitrogens with zero attached hydrogens (tertiary/aromatic N) is 6. The van der Waals surface area contributed by atoms with Gasteiger partial charge in [-0.05, 0) is 37.1 Å². The van der Waals surface area contributed by atoms with E-state index in [1.807, 2.05) is 53.2 Å². The van der Waals surface area contributed by atoms with E-state index in [1.54, 1.807) is 6.20 Å². The van der Waals surface area contributed by atoms with Gasteiger partial charge < -0.3 is 4.52 Å². The Labute approximate surface area is 143 Å². The maximum Gasteiger partial charge on any atom is 0.297 e. The molecule has 0 spiro atoms. The first kappa shape index (κ1) is 14.0. The summed E-state index contributed by atoms with van der Waals surface area (Å²) in [4.78, 5) is 13.3. The van der Waals surface area contributed by atoms with E-state index in [4.69, 9.17) is 4.52 Å². The van der Waals surface area contributed by atoms with Crippen molar-refractivity contribution in [1.29, 1.82) is 0 Å². The summed E-state index contributed by atoms with van der Waals surface area (Å²) < 4.78 is 7.24. The summed E-state index contributed by atoms with van der Waals surface area (Å²) in [7, 11) is 0. The second-order valence-corrected chi connectivity index (χ2v) is 5.95. The van der Waals surface area contributed by atoms with E-state index in [-0.39, 0.29) is 0 Å². The number of pyridine rings is 1.